The molecule has 0 N–H and O–H groups in total. The second-order valence-corrected chi connectivity index (χ2v) is 6.07. The number of anilines is 1. The molecule has 2 aromatic rings. The summed E-state index contributed by atoms with van der Waals surface area (Å²) in [6, 6.07) is 10.2. The maximum absolute atomic E-state index is 13.0. The Bertz CT molecular complexity index is 652. The average molecular weight is 327 g/mol. The molecule has 0 saturated carbocycles. The Morgan fingerprint density at radius 2 is 1.67 bits per heavy atom. The summed E-state index contributed by atoms with van der Waals surface area (Å²) in [5.41, 5.74) is 1.81. The van der Waals surface area contributed by atoms with E-state index in [4.69, 9.17) is 0 Å². The van der Waals surface area contributed by atoms with Crippen LogP contribution in [-0.4, -0.2) is 48.4 Å². The molecule has 0 unspecified atom stereocenters. The third-order valence-corrected chi connectivity index (χ3v) is 4.44. The molecular weight excluding hydrogens is 305 g/mol. The fraction of sp³-hybridized carbons (Fsp3) is 0.368. The first-order chi connectivity index (χ1) is 11.7. The number of nitrogens with zero attached hydrogens (tertiary/aromatic N) is 3. The summed E-state index contributed by atoms with van der Waals surface area (Å²) in [5.74, 6) is -0.0152. The van der Waals surface area contributed by atoms with E-state index in [0.717, 1.165) is 50.4 Å². The molecule has 0 radical (unpaired) electrons. The van der Waals surface area contributed by atoms with Crippen LogP contribution in [0.5, 0.6) is 0 Å². The monoisotopic (exact) mass is 327 g/mol. The zero-order valence-electron chi connectivity index (χ0n) is 13.7. The van der Waals surface area contributed by atoms with Gasteiger partial charge in [-0.15, -0.1) is 0 Å². The van der Waals surface area contributed by atoms with Gasteiger partial charge in [-0.25, -0.2) is 4.39 Å². The first kappa shape index (κ1) is 16.6. The molecule has 0 aliphatic carbocycles. The van der Waals surface area contributed by atoms with Gasteiger partial charge in [0.05, 0.1) is 0 Å². The molecule has 0 spiro atoms. The Balaban J connectivity index is 1.39. The lowest BCUT2D eigenvalue weighted by atomic mass is 10.1. The first-order valence-electron chi connectivity index (χ1n) is 8.38. The molecule has 2 heterocycles. The second kappa shape index (κ2) is 8.02. The predicted molar refractivity (Wildman–Crippen MR) is 92.9 cm³/mol. The summed E-state index contributed by atoms with van der Waals surface area (Å²) in [5, 5.41) is 0. The molecule has 5 heteroatoms. The topological polar surface area (TPSA) is 36.4 Å². The summed E-state index contributed by atoms with van der Waals surface area (Å²) in [6.45, 7) is 4.75. The lowest BCUT2D eigenvalue weighted by molar-refractivity contribution is 0.0974. The van der Waals surface area contributed by atoms with Gasteiger partial charge < -0.3 is 4.90 Å². The minimum Gasteiger partial charge on any atom is -0.369 e. The highest BCUT2D eigenvalue weighted by Crippen LogP contribution is 2.17. The summed E-state index contributed by atoms with van der Waals surface area (Å²) in [7, 11) is 0. The standard InChI is InChI=1S/C19H22FN3O/c20-17-3-5-18(6-4-17)23-14-12-22(13-15-23)11-1-2-19(24)16-7-9-21-10-8-16/h3-10H,1-2,11-15H2. The largest absolute Gasteiger partial charge is 0.369 e. The third-order valence-electron chi connectivity index (χ3n) is 4.44. The molecule has 1 fully saturated rings. The van der Waals surface area contributed by atoms with Crippen LogP contribution in [0, 0.1) is 5.82 Å². The van der Waals surface area contributed by atoms with Gasteiger partial charge in [0.1, 0.15) is 5.82 Å². The molecule has 1 aliphatic rings. The van der Waals surface area contributed by atoms with Crippen LogP contribution in [0.15, 0.2) is 48.8 Å². The number of rotatable bonds is 6. The fourth-order valence-electron chi connectivity index (χ4n) is 3.03. The minimum absolute atomic E-state index is 0.183. The highest BCUT2D eigenvalue weighted by Gasteiger charge is 2.17. The maximum atomic E-state index is 13.0. The van der Waals surface area contributed by atoms with Gasteiger partial charge in [0.25, 0.3) is 0 Å². The van der Waals surface area contributed by atoms with Gasteiger partial charge in [-0.1, -0.05) is 0 Å². The van der Waals surface area contributed by atoms with E-state index in [1.54, 1.807) is 24.5 Å². The van der Waals surface area contributed by atoms with Crippen molar-refractivity contribution in [1.82, 2.24) is 9.88 Å². The maximum Gasteiger partial charge on any atom is 0.163 e. The van der Waals surface area contributed by atoms with Crippen molar-refractivity contribution in [3.8, 4) is 0 Å². The molecule has 3 rings (SSSR count). The number of carbonyl (C=O) groups excluding carboxylic acids is 1. The molecule has 0 bridgehead atoms. The zero-order valence-corrected chi connectivity index (χ0v) is 13.7. The van der Waals surface area contributed by atoms with Crippen molar-refractivity contribution in [3.05, 3.63) is 60.2 Å². The number of hydrogen-bond acceptors (Lipinski definition) is 4. The molecule has 24 heavy (non-hydrogen) atoms. The van der Waals surface area contributed by atoms with Crippen molar-refractivity contribution in [2.45, 2.75) is 12.8 Å². The smallest absolute Gasteiger partial charge is 0.163 e. The van der Waals surface area contributed by atoms with E-state index < -0.39 is 0 Å². The van der Waals surface area contributed by atoms with Gasteiger partial charge in [-0.05, 0) is 49.4 Å². The Hall–Kier alpha value is -2.27. The lowest BCUT2D eigenvalue weighted by Gasteiger charge is -2.36. The molecule has 1 saturated heterocycles. The summed E-state index contributed by atoms with van der Waals surface area (Å²) < 4.78 is 13.0. The van der Waals surface area contributed by atoms with Crippen LogP contribution in [-0.2, 0) is 0 Å². The summed E-state index contributed by atoms with van der Waals surface area (Å²) >= 11 is 0. The van der Waals surface area contributed by atoms with Crippen LogP contribution in [0.4, 0.5) is 10.1 Å². The summed E-state index contributed by atoms with van der Waals surface area (Å²) in [4.78, 5) is 20.7. The van der Waals surface area contributed by atoms with Crippen LogP contribution in [0.2, 0.25) is 0 Å². The Labute approximate surface area is 141 Å². The van der Waals surface area contributed by atoms with Crippen molar-refractivity contribution in [2.24, 2.45) is 0 Å². The molecule has 0 atom stereocenters. The molecule has 0 amide bonds. The van der Waals surface area contributed by atoms with E-state index in [9.17, 15) is 9.18 Å². The second-order valence-electron chi connectivity index (χ2n) is 6.07. The van der Waals surface area contributed by atoms with E-state index in [2.05, 4.69) is 14.8 Å². The van der Waals surface area contributed by atoms with Crippen molar-refractivity contribution in [2.75, 3.05) is 37.6 Å². The number of benzene rings is 1. The fourth-order valence-corrected chi connectivity index (χ4v) is 3.03. The first-order valence-corrected chi connectivity index (χ1v) is 8.38. The zero-order chi connectivity index (χ0) is 16.8. The van der Waals surface area contributed by atoms with Crippen LogP contribution in [0.3, 0.4) is 0 Å². The van der Waals surface area contributed by atoms with E-state index in [0.29, 0.717) is 6.42 Å². The van der Waals surface area contributed by atoms with Crippen LogP contribution in [0.1, 0.15) is 23.2 Å². The SMILES string of the molecule is O=C(CCCN1CCN(c2ccc(F)cc2)CC1)c1ccncc1. The van der Waals surface area contributed by atoms with Crippen molar-refractivity contribution < 1.29 is 9.18 Å². The van der Waals surface area contributed by atoms with Crippen molar-refractivity contribution in [3.63, 3.8) is 0 Å². The molecule has 1 aliphatic heterocycles. The van der Waals surface area contributed by atoms with Gasteiger partial charge in [0.15, 0.2) is 5.78 Å². The number of aromatic nitrogens is 1. The third kappa shape index (κ3) is 4.38. The summed E-state index contributed by atoms with van der Waals surface area (Å²) in [6.07, 6.45) is 4.75. The minimum atomic E-state index is -0.198. The van der Waals surface area contributed by atoms with Crippen LogP contribution >= 0.6 is 0 Å². The predicted octanol–water partition coefficient (Wildman–Crippen LogP) is 3.01. The van der Waals surface area contributed by atoms with Crippen molar-refractivity contribution >= 4 is 11.5 Å². The van der Waals surface area contributed by atoms with Gasteiger partial charge in [-0.2, -0.15) is 0 Å². The van der Waals surface area contributed by atoms with Gasteiger partial charge in [0.2, 0.25) is 0 Å². The van der Waals surface area contributed by atoms with Gasteiger partial charge >= 0.3 is 0 Å². The Kier molecular flexibility index (Phi) is 5.54. The van der Waals surface area contributed by atoms with Crippen LogP contribution in [0.25, 0.3) is 0 Å². The molecule has 1 aromatic carbocycles. The number of Topliss-reactive ketones (excluding diaryl/α,β-unsaturated/α-hetero) is 1. The molecular formula is C19H22FN3O. The van der Waals surface area contributed by atoms with Gasteiger partial charge in [-0.3, -0.25) is 14.7 Å². The van der Waals surface area contributed by atoms with Crippen LogP contribution < -0.4 is 4.90 Å². The number of ketones is 1. The number of hydrogen-bond donors (Lipinski definition) is 0. The normalized spacial score (nSPS) is 15.5. The van der Waals surface area contributed by atoms with E-state index in [-0.39, 0.29) is 11.6 Å². The van der Waals surface area contributed by atoms with E-state index in [1.807, 2.05) is 12.1 Å². The van der Waals surface area contributed by atoms with E-state index in [1.165, 1.54) is 12.1 Å². The molecule has 1 aromatic heterocycles. The molecule has 126 valence electrons. The lowest BCUT2D eigenvalue weighted by Crippen LogP contribution is -2.46. The highest BCUT2D eigenvalue weighted by molar-refractivity contribution is 5.95. The number of halogens is 1. The molecule has 4 nitrogen and oxygen atoms in total. The highest BCUT2D eigenvalue weighted by atomic mass is 19.1. The van der Waals surface area contributed by atoms with Gasteiger partial charge in [0, 0.05) is 56.2 Å². The number of carbonyl (C=O) groups is 1. The Morgan fingerprint density at radius 1 is 1.00 bits per heavy atom. The number of piperazine rings is 1. The average Bonchev–Trinajstić information content (AvgIpc) is 2.64. The van der Waals surface area contributed by atoms with Crippen molar-refractivity contribution in [1.29, 1.82) is 0 Å². The van der Waals surface area contributed by atoms with E-state index >= 15 is 0 Å². The quantitative estimate of drug-likeness (QED) is 0.764. The Morgan fingerprint density at radius 3 is 2.33 bits per heavy atom. The number of pyridine rings is 1.